The maximum atomic E-state index is 5.52. The Hall–Kier alpha value is -2.41. The highest BCUT2D eigenvalue weighted by atomic mass is 32.1. The Bertz CT molecular complexity index is 810. The molecule has 1 saturated carbocycles. The normalized spacial score (nSPS) is 17.0. The number of ether oxygens (including phenoxy) is 1. The van der Waals surface area contributed by atoms with Crippen molar-refractivity contribution in [2.24, 2.45) is 0 Å². The third kappa shape index (κ3) is 4.52. The Balaban J connectivity index is 1.45. The first kappa shape index (κ1) is 18.9. The Morgan fingerprint density at radius 1 is 1.07 bits per heavy atom. The zero-order valence-electron chi connectivity index (χ0n) is 16.3. The van der Waals surface area contributed by atoms with Crippen molar-refractivity contribution in [3.8, 4) is 5.88 Å². The largest absolute Gasteiger partial charge is 0.481 e. The van der Waals surface area contributed by atoms with E-state index in [-0.39, 0.29) is 0 Å². The minimum absolute atomic E-state index is 0.431. The van der Waals surface area contributed by atoms with Gasteiger partial charge in [0.05, 0.1) is 7.11 Å². The molecule has 0 radical (unpaired) electrons. The number of fused-ring (bicyclic) bond motifs is 1. The van der Waals surface area contributed by atoms with Gasteiger partial charge in [0.15, 0.2) is 5.11 Å². The van der Waals surface area contributed by atoms with Gasteiger partial charge in [0.25, 0.3) is 0 Å². The molecule has 1 aliphatic carbocycles. The van der Waals surface area contributed by atoms with Crippen molar-refractivity contribution < 1.29 is 4.74 Å². The van der Waals surface area contributed by atoms with Gasteiger partial charge >= 0.3 is 0 Å². The molecular formula is C21H27N5OS. The van der Waals surface area contributed by atoms with Crippen LogP contribution in [0.3, 0.4) is 0 Å². The fourth-order valence-corrected chi connectivity index (χ4v) is 4.24. The van der Waals surface area contributed by atoms with E-state index < -0.39 is 0 Å². The van der Waals surface area contributed by atoms with E-state index in [1.165, 1.54) is 36.8 Å². The molecule has 148 valence electrons. The summed E-state index contributed by atoms with van der Waals surface area (Å²) in [5.74, 6) is 1.83. The summed E-state index contributed by atoms with van der Waals surface area (Å²) < 4.78 is 5.40. The van der Waals surface area contributed by atoms with E-state index in [4.69, 9.17) is 21.9 Å². The number of methoxy groups -OCH3 is 1. The molecule has 7 heteroatoms. The lowest BCUT2D eigenvalue weighted by atomic mass is 10.1. The Labute approximate surface area is 171 Å². The number of anilines is 2. The summed E-state index contributed by atoms with van der Waals surface area (Å²) in [6, 6.07) is 10.8. The highest BCUT2D eigenvalue weighted by Gasteiger charge is 2.21. The first-order valence-electron chi connectivity index (χ1n) is 10.0. The van der Waals surface area contributed by atoms with Crippen molar-refractivity contribution in [3.05, 3.63) is 41.5 Å². The average Bonchev–Trinajstić information content (AvgIpc) is 2.98. The van der Waals surface area contributed by atoms with Gasteiger partial charge in [-0.25, -0.2) is 0 Å². The molecule has 0 unspecified atom stereocenters. The number of hydrogen-bond acceptors (Lipinski definition) is 5. The second-order valence-corrected chi connectivity index (χ2v) is 7.91. The van der Waals surface area contributed by atoms with Gasteiger partial charge in [0.2, 0.25) is 11.8 Å². The van der Waals surface area contributed by atoms with E-state index in [1.807, 2.05) is 6.07 Å². The number of thiocarbonyl (C=S) groups is 1. The Morgan fingerprint density at radius 2 is 1.75 bits per heavy atom. The van der Waals surface area contributed by atoms with E-state index in [1.54, 1.807) is 7.11 Å². The minimum atomic E-state index is 0.431. The quantitative estimate of drug-likeness (QED) is 0.597. The molecule has 4 rings (SSSR count). The monoisotopic (exact) mass is 397 g/mol. The Kier molecular flexibility index (Phi) is 5.90. The Morgan fingerprint density at radius 3 is 2.39 bits per heavy atom. The third-order valence-electron chi connectivity index (χ3n) is 5.48. The van der Waals surface area contributed by atoms with Crippen molar-refractivity contribution in [2.75, 3.05) is 17.3 Å². The summed E-state index contributed by atoms with van der Waals surface area (Å²) >= 11 is 5.52. The predicted octanol–water partition coefficient (Wildman–Crippen LogP) is 4.01. The van der Waals surface area contributed by atoms with Crippen LogP contribution in [0.15, 0.2) is 30.3 Å². The van der Waals surface area contributed by atoms with Gasteiger partial charge in [-0.2, -0.15) is 9.97 Å². The molecule has 0 spiro atoms. The molecular weight excluding hydrogens is 370 g/mol. The molecule has 28 heavy (non-hydrogen) atoms. The van der Waals surface area contributed by atoms with Gasteiger partial charge < -0.3 is 20.3 Å². The minimum Gasteiger partial charge on any atom is -0.481 e. The van der Waals surface area contributed by atoms with Crippen molar-refractivity contribution in [3.63, 3.8) is 0 Å². The van der Waals surface area contributed by atoms with Gasteiger partial charge in [0.1, 0.15) is 5.82 Å². The van der Waals surface area contributed by atoms with Gasteiger partial charge in [-0.1, -0.05) is 49.9 Å². The van der Waals surface area contributed by atoms with Gasteiger partial charge in [-0.3, -0.25) is 0 Å². The SMILES string of the molecule is COc1cc(N2Cc3ccccc3C2)nc(NC(=S)NC2CCCCCC2)n1. The number of nitrogens with one attached hydrogen (secondary N) is 2. The first-order chi connectivity index (χ1) is 13.7. The second-order valence-electron chi connectivity index (χ2n) is 7.50. The number of nitrogens with zero attached hydrogens (tertiary/aromatic N) is 3. The lowest BCUT2D eigenvalue weighted by Gasteiger charge is -2.20. The standard InChI is InChI=1S/C21H27N5OS/c1-27-19-12-18(26-13-15-8-6-7-9-16(15)14-26)23-20(24-19)25-21(28)22-17-10-4-2-3-5-11-17/h6-9,12,17H,2-5,10-11,13-14H2,1H3,(H2,22,23,24,25,28). The van der Waals surface area contributed by atoms with Crippen LogP contribution in [0.1, 0.15) is 49.7 Å². The van der Waals surface area contributed by atoms with Crippen LogP contribution in [0.25, 0.3) is 0 Å². The van der Waals surface area contributed by atoms with Crippen molar-refractivity contribution in [1.82, 2.24) is 15.3 Å². The molecule has 1 aromatic carbocycles. The maximum Gasteiger partial charge on any atom is 0.234 e. The molecule has 0 bridgehead atoms. The zero-order valence-corrected chi connectivity index (χ0v) is 17.1. The molecule has 1 aromatic heterocycles. The summed E-state index contributed by atoms with van der Waals surface area (Å²) in [6.45, 7) is 1.67. The lowest BCUT2D eigenvalue weighted by molar-refractivity contribution is 0.397. The van der Waals surface area contributed by atoms with Crippen molar-refractivity contribution in [2.45, 2.75) is 57.7 Å². The van der Waals surface area contributed by atoms with Gasteiger partial charge in [-0.15, -0.1) is 0 Å². The average molecular weight is 398 g/mol. The van der Waals surface area contributed by atoms with Crippen LogP contribution in [0, 0.1) is 0 Å². The first-order valence-corrected chi connectivity index (χ1v) is 10.4. The van der Waals surface area contributed by atoms with E-state index in [0.29, 0.717) is 23.0 Å². The van der Waals surface area contributed by atoms with E-state index in [9.17, 15) is 0 Å². The summed E-state index contributed by atoms with van der Waals surface area (Å²) in [7, 11) is 1.62. The zero-order chi connectivity index (χ0) is 19.3. The predicted molar refractivity (Wildman–Crippen MR) is 116 cm³/mol. The molecule has 2 heterocycles. The molecule has 2 aromatic rings. The number of benzene rings is 1. The molecule has 0 amide bonds. The summed E-state index contributed by atoms with van der Waals surface area (Å²) in [6.07, 6.45) is 7.49. The fraction of sp³-hybridized carbons (Fsp3) is 0.476. The molecule has 6 nitrogen and oxygen atoms in total. The number of hydrogen-bond donors (Lipinski definition) is 2. The highest BCUT2D eigenvalue weighted by Crippen LogP contribution is 2.29. The molecule has 0 saturated heterocycles. The third-order valence-corrected chi connectivity index (χ3v) is 5.70. The van der Waals surface area contributed by atoms with Crippen molar-refractivity contribution >= 4 is 29.1 Å². The van der Waals surface area contributed by atoms with E-state index in [2.05, 4.69) is 44.8 Å². The van der Waals surface area contributed by atoms with E-state index in [0.717, 1.165) is 31.7 Å². The highest BCUT2D eigenvalue weighted by molar-refractivity contribution is 7.80. The van der Waals surface area contributed by atoms with E-state index >= 15 is 0 Å². The van der Waals surface area contributed by atoms with Crippen LogP contribution in [-0.4, -0.2) is 28.2 Å². The van der Waals surface area contributed by atoms with Crippen LogP contribution < -0.4 is 20.3 Å². The summed E-state index contributed by atoms with van der Waals surface area (Å²) in [5, 5.41) is 7.17. The topological polar surface area (TPSA) is 62.3 Å². The van der Waals surface area contributed by atoms with Crippen LogP contribution >= 0.6 is 12.2 Å². The van der Waals surface area contributed by atoms with Gasteiger partial charge in [0, 0.05) is 25.2 Å². The smallest absolute Gasteiger partial charge is 0.234 e. The molecule has 0 atom stereocenters. The molecule has 2 aliphatic rings. The van der Waals surface area contributed by atoms with Gasteiger partial charge in [-0.05, 0) is 36.2 Å². The lowest BCUT2D eigenvalue weighted by Crippen LogP contribution is -2.37. The number of rotatable bonds is 4. The maximum absolute atomic E-state index is 5.52. The summed E-state index contributed by atoms with van der Waals surface area (Å²) in [5.41, 5.74) is 2.67. The summed E-state index contributed by atoms with van der Waals surface area (Å²) in [4.78, 5) is 11.3. The van der Waals surface area contributed by atoms with Crippen LogP contribution in [0.4, 0.5) is 11.8 Å². The molecule has 2 N–H and O–H groups in total. The number of aromatic nitrogens is 2. The molecule has 1 aliphatic heterocycles. The van der Waals surface area contributed by atoms with Crippen LogP contribution in [0.2, 0.25) is 0 Å². The van der Waals surface area contributed by atoms with Crippen LogP contribution in [0.5, 0.6) is 5.88 Å². The fourth-order valence-electron chi connectivity index (χ4n) is 3.98. The van der Waals surface area contributed by atoms with Crippen LogP contribution in [-0.2, 0) is 13.1 Å². The van der Waals surface area contributed by atoms with Crippen molar-refractivity contribution in [1.29, 1.82) is 0 Å². The molecule has 1 fully saturated rings. The second kappa shape index (κ2) is 8.73.